The molecule has 0 bridgehead atoms. The third kappa shape index (κ3) is 2.48. The molecule has 1 aliphatic heterocycles. The van der Waals surface area contributed by atoms with Crippen LogP contribution in [0.4, 0.5) is 10.2 Å². The highest BCUT2D eigenvalue weighted by Gasteiger charge is 2.23. The number of rotatable bonds is 3. The number of benzene rings is 1. The van der Waals surface area contributed by atoms with Gasteiger partial charge in [-0.3, -0.25) is 0 Å². The van der Waals surface area contributed by atoms with Gasteiger partial charge in [-0.05, 0) is 35.9 Å². The van der Waals surface area contributed by atoms with E-state index in [0.717, 1.165) is 41.3 Å². The lowest BCUT2D eigenvalue weighted by molar-refractivity contribution is 0.398. The van der Waals surface area contributed by atoms with Crippen LogP contribution in [-0.4, -0.2) is 28.4 Å². The van der Waals surface area contributed by atoms with Crippen LogP contribution in [0.5, 0.6) is 5.88 Å². The first-order chi connectivity index (χ1) is 11.8. The van der Waals surface area contributed by atoms with Crippen molar-refractivity contribution < 1.29 is 9.13 Å². The molecule has 0 atom stereocenters. The molecule has 0 fully saturated rings. The van der Waals surface area contributed by atoms with Gasteiger partial charge in [-0.1, -0.05) is 0 Å². The average molecular weight is 325 g/mol. The van der Waals surface area contributed by atoms with Gasteiger partial charge in [0, 0.05) is 24.4 Å². The van der Waals surface area contributed by atoms with Crippen LogP contribution in [0.15, 0.2) is 42.6 Å². The third-order valence-corrected chi connectivity index (χ3v) is 3.96. The van der Waals surface area contributed by atoms with Gasteiger partial charge in [0.1, 0.15) is 17.3 Å². The molecule has 0 unspecified atom stereocenters. The van der Waals surface area contributed by atoms with Crippen LogP contribution >= 0.6 is 0 Å². The van der Waals surface area contributed by atoms with Crippen molar-refractivity contribution in [3.8, 4) is 28.3 Å². The van der Waals surface area contributed by atoms with E-state index in [1.807, 2.05) is 16.8 Å². The molecular weight excluding hydrogens is 309 g/mol. The molecule has 0 amide bonds. The van der Waals surface area contributed by atoms with E-state index in [4.69, 9.17) is 9.84 Å². The van der Waals surface area contributed by atoms with E-state index in [9.17, 15) is 4.39 Å². The summed E-state index contributed by atoms with van der Waals surface area (Å²) in [4.78, 5) is 4.16. The highest BCUT2D eigenvalue weighted by atomic mass is 19.1. The zero-order chi connectivity index (χ0) is 16.5. The Morgan fingerprint density at radius 3 is 2.79 bits per heavy atom. The maximum atomic E-state index is 13.3. The first kappa shape index (κ1) is 14.6. The molecule has 2 N–H and O–H groups in total. The molecule has 0 aliphatic carbocycles. The second kappa shape index (κ2) is 5.93. The molecule has 0 radical (unpaired) electrons. The fourth-order valence-corrected chi connectivity index (χ4v) is 2.82. The van der Waals surface area contributed by atoms with Gasteiger partial charge < -0.3 is 10.2 Å². The maximum absolute atomic E-state index is 13.3. The second-order valence-electron chi connectivity index (χ2n) is 5.44. The number of methoxy groups -OCH3 is 1. The van der Waals surface area contributed by atoms with Crippen LogP contribution in [-0.2, 0) is 6.54 Å². The van der Waals surface area contributed by atoms with Crippen LogP contribution in [0.1, 0.15) is 0 Å². The van der Waals surface area contributed by atoms with Gasteiger partial charge in [0.25, 0.3) is 0 Å². The Kier molecular flexibility index (Phi) is 3.62. The van der Waals surface area contributed by atoms with Crippen LogP contribution in [0.2, 0.25) is 0 Å². The zero-order valence-corrected chi connectivity index (χ0v) is 13.1. The Balaban J connectivity index is 1.93. The van der Waals surface area contributed by atoms with Crippen LogP contribution < -0.4 is 15.6 Å². The number of hydrogen-bond donors (Lipinski definition) is 2. The Morgan fingerprint density at radius 2 is 2.00 bits per heavy atom. The molecule has 1 aliphatic rings. The van der Waals surface area contributed by atoms with Crippen LogP contribution in [0.25, 0.3) is 22.4 Å². The molecule has 2 aromatic heterocycles. The zero-order valence-electron chi connectivity index (χ0n) is 13.1. The number of anilines is 1. The summed E-state index contributed by atoms with van der Waals surface area (Å²) in [6.07, 6.45) is 1.70. The van der Waals surface area contributed by atoms with Gasteiger partial charge in [0.15, 0.2) is 0 Å². The standard InChI is InChI=1S/C17H16FN5O/c1-24-14-10-12(6-7-19-14)15-16(11-2-4-13(18)5-3-11)22-23-9-8-20-21-17(15)23/h2-7,10,20-21H,8-9H2,1H3. The number of nitrogens with one attached hydrogen (secondary N) is 2. The average Bonchev–Trinajstić information content (AvgIpc) is 3.02. The summed E-state index contributed by atoms with van der Waals surface area (Å²) in [6, 6.07) is 10.1. The van der Waals surface area contributed by atoms with Gasteiger partial charge in [-0.2, -0.15) is 5.10 Å². The highest BCUT2D eigenvalue weighted by molar-refractivity contribution is 5.89. The van der Waals surface area contributed by atoms with Gasteiger partial charge in [-0.25, -0.2) is 19.5 Å². The van der Waals surface area contributed by atoms with Crippen molar-refractivity contribution in [2.75, 3.05) is 19.1 Å². The van der Waals surface area contributed by atoms with E-state index >= 15 is 0 Å². The summed E-state index contributed by atoms with van der Waals surface area (Å²) in [5.41, 5.74) is 9.81. The van der Waals surface area contributed by atoms with Crippen molar-refractivity contribution in [3.05, 3.63) is 48.4 Å². The molecule has 6 nitrogen and oxygen atoms in total. The van der Waals surface area contributed by atoms with Crippen molar-refractivity contribution >= 4 is 5.82 Å². The molecule has 0 saturated carbocycles. The number of pyridine rings is 1. The van der Waals surface area contributed by atoms with Crippen molar-refractivity contribution in [3.63, 3.8) is 0 Å². The van der Waals surface area contributed by atoms with E-state index < -0.39 is 0 Å². The number of fused-ring (bicyclic) bond motifs is 1. The fraction of sp³-hybridized carbons (Fsp3) is 0.176. The number of ether oxygens (including phenoxy) is 1. The van der Waals surface area contributed by atoms with Crippen molar-refractivity contribution in [1.29, 1.82) is 0 Å². The summed E-state index contributed by atoms with van der Waals surface area (Å²) in [5, 5.41) is 4.71. The highest BCUT2D eigenvalue weighted by Crippen LogP contribution is 2.38. The van der Waals surface area contributed by atoms with E-state index in [0.29, 0.717) is 5.88 Å². The van der Waals surface area contributed by atoms with Crippen molar-refractivity contribution in [1.82, 2.24) is 20.2 Å². The Morgan fingerprint density at radius 1 is 1.17 bits per heavy atom. The van der Waals surface area contributed by atoms with Gasteiger partial charge in [0.2, 0.25) is 5.88 Å². The fourth-order valence-electron chi connectivity index (χ4n) is 2.82. The van der Waals surface area contributed by atoms with Crippen molar-refractivity contribution in [2.45, 2.75) is 6.54 Å². The first-order valence-corrected chi connectivity index (χ1v) is 7.62. The molecule has 7 heteroatoms. The largest absolute Gasteiger partial charge is 0.481 e. The Hall–Kier alpha value is -2.93. The number of aromatic nitrogens is 3. The summed E-state index contributed by atoms with van der Waals surface area (Å²) in [7, 11) is 1.58. The summed E-state index contributed by atoms with van der Waals surface area (Å²) >= 11 is 0. The molecule has 0 saturated heterocycles. The first-order valence-electron chi connectivity index (χ1n) is 7.62. The lowest BCUT2D eigenvalue weighted by Gasteiger charge is -2.18. The SMILES string of the molecule is COc1cc(-c2c(-c3ccc(F)cc3)nn3c2NNCC3)ccn1. The van der Waals surface area contributed by atoms with E-state index in [1.54, 1.807) is 25.4 Å². The van der Waals surface area contributed by atoms with Gasteiger partial charge >= 0.3 is 0 Å². The molecule has 4 rings (SSSR count). The quantitative estimate of drug-likeness (QED) is 0.775. The van der Waals surface area contributed by atoms with Crippen LogP contribution in [0, 0.1) is 5.82 Å². The molecule has 122 valence electrons. The normalized spacial score (nSPS) is 13.2. The smallest absolute Gasteiger partial charge is 0.213 e. The molecule has 24 heavy (non-hydrogen) atoms. The molecule has 3 aromatic rings. The molecule has 0 spiro atoms. The van der Waals surface area contributed by atoms with E-state index in [1.165, 1.54) is 12.1 Å². The summed E-state index contributed by atoms with van der Waals surface area (Å²) in [5.74, 6) is 1.13. The predicted octanol–water partition coefficient (Wildman–Crippen LogP) is 2.69. The molecular formula is C17H16FN5O. The summed E-state index contributed by atoms with van der Waals surface area (Å²) in [6.45, 7) is 1.52. The van der Waals surface area contributed by atoms with E-state index in [2.05, 4.69) is 15.8 Å². The third-order valence-electron chi connectivity index (χ3n) is 3.96. The number of hydrazine groups is 1. The van der Waals surface area contributed by atoms with Crippen molar-refractivity contribution in [2.24, 2.45) is 0 Å². The minimum Gasteiger partial charge on any atom is -0.481 e. The molecule has 1 aromatic carbocycles. The lowest BCUT2D eigenvalue weighted by Crippen LogP contribution is -2.33. The van der Waals surface area contributed by atoms with Crippen LogP contribution in [0.3, 0.4) is 0 Å². The number of hydrogen-bond acceptors (Lipinski definition) is 5. The molecule has 3 heterocycles. The summed E-state index contributed by atoms with van der Waals surface area (Å²) < 4.78 is 20.4. The van der Waals surface area contributed by atoms with E-state index in [-0.39, 0.29) is 5.82 Å². The van der Waals surface area contributed by atoms with Gasteiger partial charge in [-0.15, -0.1) is 0 Å². The van der Waals surface area contributed by atoms with Gasteiger partial charge in [0.05, 0.1) is 19.2 Å². The minimum atomic E-state index is -0.269. The maximum Gasteiger partial charge on any atom is 0.213 e. The Bertz CT molecular complexity index is 875. The monoisotopic (exact) mass is 325 g/mol. The lowest BCUT2D eigenvalue weighted by atomic mass is 10.0. The second-order valence-corrected chi connectivity index (χ2v) is 5.44. The Labute approximate surface area is 138 Å². The topological polar surface area (TPSA) is 64.0 Å². The number of nitrogens with zero attached hydrogens (tertiary/aromatic N) is 3. The minimum absolute atomic E-state index is 0.269. The number of halogens is 1. The predicted molar refractivity (Wildman–Crippen MR) is 89.0 cm³/mol.